The van der Waals surface area contributed by atoms with E-state index in [1.54, 1.807) is 0 Å². The van der Waals surface area contributed by atoms with Gasteiger partial charge in [-0.15, -0.1) is 0 Å². The molecule has 0 unspecified atom stereocenters. The van der Waals surface area contributed by atoms with Crippen LogP contribution >= 0.6 is 0 Å². The van der Waals surface area contributed by atoms with Crippen LogP contribution in [0.15, 0.2) is 0 Å². The molecule has 0 aromatic heterocycles. The van der Waals surface area contributed by atoms with Crippen LogP contribution in [0.2, 0.25) is 0 Å². The first kappa shape index (κ1) is 63.7. The molecule has 0 aromatic rings. The quantitative estimate of drug-likeness (QED) is 0.289. The molecule has 12 nitrogen and oxygen atoms in total. The molecule has 0 saturated heterocycles. The van der Waals surface area contributed by atoms with Gasteiger partial charge in [0.2, 0.25) is 0 Å². The minimum atomic E-state index is -2.92. The zero-order valence-corrected chi connectivity index (χ0v) is 17.7. The van der Waals surface area contributed by atoms with E-state index in [1.165, 1.54) is 0 Å². The van der Waals surface area contributed by atoms with E-state index in [1.807, 2.05) is 0 Å². The Morgan fingerprint density at radius 1 is 0.273 bits per heavy atom. The van der Waals surface area contributed by atoms with Crippen molar-refractivity contribution in [3.8, 4) is 0 Å². The number of rotatable bonds is 0. The fraction of sp³-hybridized carbons (Fsp3) is 0. The molecular weight excluding hydrogens is 485 g/mol. The van der Waals surface area contributed by atoms with Crippen molar-refractivity contribution >= 4 is 98.4 Å². The predicted molar refractivity (Wildman–Crippen MR) is 40.3 cm³/mol. The molecule has 0 aliphatic heterocycles. The van der Waals surface area contributed by atoms with Crippen LogP contribution in [-0.2, 0) is 50.3 Å². The summed E-state index contributed by atoms with van der Waals surface area (Å²) in [6.45, 7) is 0. The van der Waals surface area contributed by atoms with Gasteiger partial charge in [0, 0.05) is 0 Å². The van der Waals surface area contributed by atoms with Crippen molar-refractivity contribution in [2.24, 2.45) is 0 Å². The van der Waals surface area contributed by atoms with E-state index in [-0.39, 0.29) is 119 Å². The van der Waals surface area contributed by atoms with Gasteiger partial charge in [0.05, 0.1) is 0 Å². The van der Waals surface area contributed by atoms with Gasteiger partial charge in [-0.3, -0.25) is 29.3 Å². The molecular formula is B4Co3Mg3O12. The number of hydrogen-bond acceptors (Lipinski definition) is 12. The van der Waals surface area contributed by atoms with E-state index < -0.39 is 29.3 Å². The third kappa shape index (κ3) is 931. The van der Waals surface area contributed by atoms with Gasteiger partial charge < -0.3 is 60.3 Å². The molecule has 0 fully saturated rings. The molecule has 0 heterocycles. The normalized spacial score (nSPS) is 4.91. The molecule has 0 aliphatic rings. The van der Waals surface area contributed by atoms with Crippen molar-refractivity contribution in [3.63, 3.8) is 0 Å². The van der Waals surface area contributed by atoms with E-state index in [4.69, 9.17) is 60.3 Å². The van der Waals surface area contributed by atoms with Gasteiger partial charge >= 0.3 is 119 Å². The maximum atomic E-state index is 8.42. The van der Waals surface area contributed by atoms with Crippen molar-refractivity contribution < 1.29 is 111 Å². The summed E-state index contributed by atoms with van der Waals surface area (Å²) in [6.07, 6.45) is 0. The first-order chi connectivity index (χ1) is 6.93. The molecule has 117 valence electrons. The van der Waals surface area contributed by atoms with Crippen molar-refractivity contribution in [1.82, 2.24) is 0 Å². The van der Waals surface area contributed by atoms with Gasteiger partial charge in [-0.05, 0) is 0 Å². The molecule has 0 N–H and O–H groups in total. The molecule has 0 spiro atoms. The third-order valence-electron chi connectivity index (χ3n) is 0. The van der Waals surface area contributed by atoms with Gasteiger partial charge in [-0.1, -0.05) is 0 Å². The van der Waals surface area contributed by atoms with E-state index in [0.717, 1.165) is 0 Å². The maximum Gasteiger partial charge on any atom is 2.00 e. The number of hydrogen-bond donors (Lipinski definition) is 0. The molecule has 0 atom stereocenters. The summed E-state index contributed by atoms with van der Waals surface area (Å²) < 4.78 is 0. The van der Waals surface area contributed by atoms with Crippen LogP contribution in [0.1, 0.15) is 0 Å². The Balaban J connectivity index is -0.00000001000. The van der Waals surface area contributed by atoms with Gasteiger partial charge in [0.25, 0.3) is 0 Å². The minimum absolute atomic E-state index is 0. The summed E-state index contributed by atoms with van der Waals surface area (Å²) in [5.41, 5.74) is 0. The zero-order valence-electron chi connectivity index (χ0n) is 10.3. The SMILES string of the molecule is [Co+2].[Co+2].[Co+2].[Mg+2].[Mg+2].[Mg+2].[O-]B([O-])[O-].[O-]B([O-])[O-].[O-]B([O-])[O-].[O-]B([O-])[O-]. The molecule has 0 saturated carbocycles. The van der Waals surface area contributed by atoms with Crippen molar-refractivity contribution in [1.29, 1.82) is 0 Å². The standard InChI is InChI=1S/4BO3.3Co.3Mg/c4*2-1(3)4;;;;;;/q4*-3;6*+2. The summed E-state index contributed by atoms with van der Waals surface area (Å²) in [6, 6.07) is 0. The second kappa shape index (κ2) is 56.3. The Morgan fingerprint density at radius 2 is 0.273 bits per heavy atom. The maximum absolute atomic E-state index is 8.42. The molecule has 0 aliphatic carbocycles. The van der Waals surface area contributed by atoms with Crippen LogP contribution in [0.25, 0.3) is 0 Å². The molecule has 0 amide bonds. The van der Waals surface area contributed by atoms with Crippen molar-refractivity contribution in [2.75, 3.05) is 0 Å². The fourth-order valence-electron chi connectivity index (χ4n) is 0. The topological polar surface area (TPSA) is 277 Å². The Kier molecular flexibility index (Phi) is 163. The first-order valence-electron chi connectivity index (χ1n) is 2.83. The first-order valence-corrected chi connectivity index (χ1v) is 2.83. The average Bonchev–Trinajstić information content (AvgIpc) is 1.76. The van der Waals surface area contributed by atoms with Crippen LogP contribution in [0.4, 0.5) is 0 Å². The predicted octanol–water partition coefficient (Wildman–Crippen LogP) is -16.9. The zero-order chi connectivity index (χ0) is 14.3. The van der Waals surface area contributed by atoms with E-state index >= 15 is 0 Å². The third-order valence-corrected chi connectivity index (χ3v) is 0. The monoisotopic (exact) mass is 485 g/mol. The molecule has 22 heavy (non-hydrogen) atoms. The summed E-state index contributed by atoms with van der Waals surface area (Å²) >= 11 is 0. The summed E-state index contributed by atoms with van der Waals surface area (Å²) in [5, 5.41) is 101. The van der Waals surface area contributed by atoms with E-state index in [0.29, 0.717) is 0 Å². The molecule has 22 heteroatoms. The Bertz CT molecular complexity index is 80.6. The Labute approximate surface area is 206 Å². The Hall–Kier alpha value is 3.60. The van der Waals surface area contributed by atoms with E-state index in [2.05, 4.69) is 0 Å². The average molecular weight is 485 g/mol. The second-order valence-electron chi connectivity index (χ2n) is 1.15. The Morgan fingerprint density at radius 3 is 0.273 bits per heavy atom. The minimum Gasteiger partial charge on any atom is -0.907 e. The largest absolute Gasteiger partial charge is 2.00 e. The molecule has 0 rings (SSSR count). The van der Waals surface area contributed by atoms with Crippen LogP contribution in [0.5, 0.6) is 0 Å². The van der Waals surface area contributed by atoms with E-state index in [9.17, 15) is 0 Å². The summed E-state index contributed by atoms with van der Waals surface area (Å²) in [7, 11) is -11.7. The van der Waals surface area contributed by atoms with Crippen molar-refractivity contribution in [2.45, 2.75) is 0 Å². The van der Waals surface area contributed by atoms with Crippen molar-refractivity contribution in [3.05, 3.63) is 0 Å². The summed E-state index contributed by atoms with van der Waals surface area (Å²) in [4.78, 5) is 0. The molecule has 0 bridgehead atoms. The second-order valence-corrected chi connectivity index (χ2v) is 1.15. The molecule has 3 radical (unpaired) electrons. The van der Waals surface area contributed by atoms with Crippen LogP contribution in [0.3, 0.4) is 0 Å². The molecule has 0 aromatic carbocycles. The van der Waals surface area contributed by atoms with Gasteiger partial charge in [-0.2, -0.15) is 0 Å². The van der Waals surface area contributed by atoms with Gasteiger partial charge in [0.1, 0.15) is 0 Å². The van der Waals surface area contributed by atoms with Crippen LogP contribution < -0.4 is 60.3 Å². The fourth-order valence-corrected chi connectivity index (χ4v) is 0. The summed E-state index contributed by atoms with van der Waals surface area (Å²) in [5.74, 6) is 0. The smallest absolute Gasteiger partial charge is 0.907 e. The van der Waals surface area contributed by atoms with Crippen LogP contribution in [0, 0.1) is 0 Å². The van der Waals surface area contributed by atoms with Gasteiger partial charge in [0.15, 0.2) is 0 Å². The van der Waals surface area contributed by atoms with Crippen LogP contribution in [-0.4, -0.2) is 98.4 Å². The van der Waals surface area contributed by atoms with Gasteiger partial charge in [-0.25, -0.2) is 0 Å².